The minimum Gasteiger partial charge on any atom is -0.486 e. The Balaban J connectivity index is 1.98. The second-order valence-corrected chi connectivity index (χ2v) is 12.3. The van der Waals surface area contributed by atoms with Crippen molar-refractivity contribution in [1.29, 1.82) is 0 Å². The Hall–Kier alpha value is -3.35. The first-order chi connectivity index (χ1) is 17.8. The van der Waals surface area contributed by atoms with Crippen LogP contribution < -0.4 is 14.4 Å². The third-order valence-electron chi connectivity index (χ3n) is 6.01. The van der Waals surface area contributed by atoms with E-state index in [9.17, 15) is 35.6 Å². The smallest absolute Gasteiger partial charge is 0.427 e. The lowest BCUT2D eigenvalue weighted by Gasteiger charge is -2.39. The van der Waals surface area contributed by atoms with Gasteiger partial charge in [0, 0.05) is 18.9 Å². The Labute approximate surface area is 224 Å². The molecule has 1 atom stereocenters. The van der Waals surface area contributed by atoms with Gasteiger partial charge in [-0.2, -0.15) is 13.2 Å². The number of hydrogen-bond acceptors (Lipinski definition) is 6. The molecule has 3 rings (SSSR count). The second-order valence-electron chi connectivity index (χ2n) is 10.5. The van der Waals surface area contributed by atoms with Gasteiger partial charge in [0.05, 0.1) is 23.5 Å². The summed E-state index contributed by atoms with van der Waals surface area (Å²) in [6.07, 6.45) is -5.83. The summed E-state index contributed by atoms with van der Waals surface area (Å²) in [5.74, 6) is -1.92. The van der Waals surface area contributed by atoms with Crippen LogP contribution in [0.1, 0.15) is 46.6 Å². The standard InChI is InChI=1S/C26H30F4N2O6S/c1-16(33)31-24(2,3)14-19-15-32(39(35,36)20-9-7-18(27)8-10-20)21-12-17(6-11-22(21)37-19)13-23(34)38-25(4,5)26(28,29)30/h6-12,19H,13-15H2,1-5H3,(H,31,33)/t19-/m0/s1. The third kappa shape index (κ3) is 7.20. The van der Waals surface area contributed by atoms with Gasteiger partial charge in [0.2, 0.25) is 11.5 Å². The predicted molar refractivity (Wildman–Crippen MR) is 134 cm³/mol. The van der Waals surface area contributed by atoms with Crippen LogP contribution in [0.3, 0.4) is 0 Å². The maximum Gasteiger partial charge on any atom is 0.427 e. The highest BCUT2D eigenvalue weighted by molar-refractivity contribution is 7.92. The van der Waals surface area contributed by atoms with Crippen LogP contribution in [-0.4, -0.2) is 50.3 Å². The predicted octanol–water partition coefficient (Wildman–Crippen LogP) is 4.51. The Morgan fingerprint density at radius 3 is 2.26 bits per heavy atom. The van der Waals surface area contributed by atoms with Gasteiger partial charge in [0.1, 0.15) is 17.7 Å². The molecule has 0 saturated carbocycles. The lowest BCUT2D eigenvalue weighted by Crippen LogP contribution is -2.50. The number of esters is 1. The molecule has 1 amide bonds. The molecule has 1 aliphatic rings. The molecule has 0 radical (unpaired) electrons. The first kappa shape index (κ1) is 30.2. The maximum absolute atomic E-state index is 13.6. The van der Waals surface area contributed by atoms with Crippen LogP contribution >= 0.6 is 0 Å². The largest absolute Gasteiger partial charge is 0.486 e. The topological polar surface area (TPSA) is 102 Å². The molecule has 0 aromatic heterocycles. The molecule has 8 nitrogen and oxygen atoms in total. The van der Waals surface area contributed by atoms with Gasteiger partial charge in [-0.1, -0.05) is 6.07 Å². The first-order valence-corrected chi connectivity index (χ1v) is 13.4. The highest BCUT2D eigenvalue weighted by Crippen LogP contribution is 2.40. The number of anilines is 1. The SMILES string of the molecule is CC(=O)NC(C)(C)C[C@H]1CN(S(=O)(=O)c2ccc(F)cc2)c2cc(CC(=O)OC(C)(C)C(F)(F)F)ccc2O1. The van der Waals surface area contributed by atoms with Gasteiger partial charge in [-0.3, -0.25) is 13.9 Å². The number of halogens is 4. The number of ether oxygens (including phenoxy) is 2. The average Bonchev–Trinajstić information content (AvgIpc) is 2.76. The van der Waals surface area contributed by atoms with Crippen molar-refractivity contribution >= 4 is 27.6 Å². The Bertz CT molecular complexity index is 1340. The van der Waals surface area contributed by atoms with Crippen molar-refractivity contribution in [1.82, 2.24) is 5.32 Å². The highest BCUT2D eigenvalue weighted by Gasteiger charge is 2.50. The molecule has 13 heteroatoms. The van der Waals surface area contributed by atoms with Gasteiger partial charge in [-0.05, 0) is 69.7 Å². The lowest BCUT2D eigenvalue weighted by atomic mass is 9.95. The number of fused-ring (bicyclic) bond motifs is 1. The molecule has 1 aliphatic heterocycles. The van der Waals surface area contributed by atoms with E-state index < -0.39 is 51.7 Å². The summed E-state index contributed by atoms with van der Waals surface area (Å²) in [5, 5.41) is 2.78. The van der Waals surface area contributed by atoms with E-state index in [4.69, 9.17) is 4.74 Å². The van der Waals surface area contributed by atoms with E-state index in [0.29, 0.717) is 0 Å². The molecule has 0 fully saturated rings. The second kappa shape index (κ2) is 10.7. The summed E-state index contributed by atoms with van der Waals surface area (Å²) in [4.78, 5) is 23.7. The summed E-state index contributed by atoms with van der Waals surface area (Å²) in [5.41, 5.74) is -3.23. The molecule has 2 aromatic carbocycles. The molecule has 214 valence electrons. The molecule has 0 spiro atoms. The summed E-state index contributed by atoms with van der Waals surface area (Å²) in [6.45, 7) is 6.13. The lowest BCUT2D eigenvalue weighted by molar-refractivity contribution is -0.257. The highest BCUT2D eigenvalue weighted by atomic mass is 32.2. The third-order valence-corrected chi connectivity index (χ3v) is 7.80. The average molecular weight is 575 g/mol. The molecular weight excluding hydrogens is 544 g/mol. The van der Waals surface area contributed by atoms with Crippen molar-refractivity contribution in [2.45, 2.75) is 75.8 Å². The Morgan fingerprint density at radius 2 is 1.69 bits per heavy atom. The van der Waals surface area contributed by atoms with Crippen molar-refractivity contribution in [3.63, 3.8) is 0 Å². The molecular formula is C26H30F4N2O6S. The van der Waals surface area contributed by atoms with Gasteiger partial charge in [0.25, 0.3) is 10.0 Å². The molecule has 0 bridgehead atoms. The molecule has 0 saturated heterocycles. The minimum atomic E-state index is -4.79. The van der Waals surface area contributed by atoms with Crippen molar-refractivity contribution in [2.24, 2.45) is 0 Å². The normalized spacial score (nSPS) is 16.2. The van der Waals surface area contributed by atoms with Crippen molar-refractivity contribution in [2.75, 3.05) is 10.8 Å². The number of sulfonamides is 1. The van der Waals surface area contributed by atoms with Crippen LogP contribution in [0.4, 0.5) is 23.2 Å². The van der Waals surface area contributed by atoms with E-state index in [1.54, 1.807) is 13.8 Å². The zero-order valence-electron chi connectivity index (χ0n) is 22.1. The van der Waals surface area contributed by atoms with Crippen molar-refractivity contribution in [3.05, 3.63) is 53.8 Å². The summed E-state index contributed by atoms with van der Waals surface area (Å²) in [7, 11) is -4.26. The van der Waals surface area contributed by atoms with Crippen LogP contribution in [0.25, 0.3) is 0 Å². The van der Waals surface area contributed by atoms with E-state index in [0.717, 1.165) is 42.4 Å². The number of nitrogens with zero attached hydrogens (tertiary/aromatic N) is 1. The first-order valence-electron chi connectivity index (χ1n) is 12.0. The van der Waals surface area contributed by atoms with E-state index in [1.165, 1.54) is 25.1 Å². The molecule has 0 unspecified atom stereocenters. The fourth-order valence-electron chi connectivity index (χ4n) is 4.18. The number of rotatable bonds is 8. The number of carbonyl (C=O) groups is 2. The number of hydrogen-bond donors (Lipinski definition) is 1. The zero-order chi connectivity index (χ0) is 29.4. The molecule has 39 heavy (non-hydrogen) atoms. The van der Waals surface area contributed by atoms with E-state index in [1.807, 2.05) is 0 Å². The molecule has 1 N–H and O–H groups in total. The summed E-state index contributed by atoms with van der Waals surface area (Å²) in [6, 6.07) is 8.38. The Kier molecular flexibility index (Phi) is 8.26. The Morgan fingerprint density at radius 1 is 1.08 bits per heavy atom. The number of carbonyl (C=O) groups excluding carboxylic acids is 2. The van der Waals surface area contributed by atoms with Crippen molar-refractivity contribution in [3.8, 4) is 5.75 Å². The summed E-state index contributed by atoms with van der Waals surface area (Å²) >= 11 is 0. The monoisotopic (exact) mass is 574 g/mol. The molecule has 2 aromatic rings. The summed E-state index contributed by atoms with van der Waals surface area (Å²) < 4.78 is 91.9. The minimum absolute atomic E-state index is 0.0493. The number of amides is 1. The van der Waals surface area contributed by atoms with E-state index in [-0.39, 0.29) is 40.8 Å². The van der Waals surface area contributed by atoms with Gasteiger partial charge >= 0.3 is 12.1 Å². The van der Waals surface area contributed by atoms with Gasteiger partial charge in [-0.15, -0.1) is 0 Å². The number of nitrogens with one attached hydrogen (secondary N) is 1. The van der Waals surface area contributed by atoms with E-state index in [2.05, 4.69) is 10.1 Å². The van der Waals surface area contributed by atoms with Gasteiger partial charge in [-0.25, -0.2) is 12.8 Å². The zero-order valence-corrected chi connectivity index (χ0v) is 22.9. The van der Waals surface area contributed by atoms with Crippen molar-refractivity contribution < 1.29 is 45.0 Å². The van der Waals surface area contributed by atoms with Crippen LogP contribution in [0, 0.1) is 5.82 Å². The van der Waals surface area contributed by atoms with Gasteiger partial charge < -0.3 is 14.8 Å². The van der Waals surface area contributed by atoms with Gasteiger partial charge in [0.15, 0.2) is 0 Å². The van der Waals surface area contributed by atoms with Crippen LogP contribution in [0.2, 0.25) is 0 Å². The van der Waals surface area contributed by atoms with Crippen LogP contribution in [0.5, 0.6) is 5.75 Å². The van der Waals surface area contributed by atoms with Crippen LogP contribution in [-0.2, 0) is 30.8 Å². The van der Waals surface area contributed by atoms with E-state index >= 15 is 0 Å². The number of benzene rings is 2. The quantitative estimate of drug-likeness (QED) is 0.368. The molecule has 1 heterocycles. The molecule has 0 aliphatic carbocycles. The maximum atomic E-state index is 13.6. The fraction of sp³-hybridized carbons (Fsp3) is 0.462. The fourth-order valence-corrected chi connectivity index (χ4v) is 5.68. The van der Waals surface area contributed by atoms with Crippen LogP contribution in [0.15, 0.2) is 47.4 Å². The number of alkyl halides is 3.